The topological polar surface area (TPSA) is 46.8 Å². The number of likely N-dealkylation sites (tertiary alicyclic amines) is 1. The molecule has 2 atom stereocenters. The Kier molecular flexibility index (Phi) is 9.45. The third kappa shape index (κ3) is 4.75. The van der Waals surface area contributed by atoms with Crippen LogP contribution in [0.15, 0.2) is 58.3 Å². The lowest BCUT2D eigenvalue weighted by atomic mass is 9.97. The van der Waals surface area contributed by atoms with Crippen LogP contribution in [0.2, 0.25) is 0 Å². The van der Waals surface area contributed by atoms with Gasteiger partial charge in [0, 0.05) is 35.0 Å². The maximum atomic E-state index is 3.63. The van der Waals surface area contributed by atoms with Crippen LogP contribution in [0.5, 0.6) is 0 Å². The van der Waals surface area contributed by atoms with Crippen LogP contribution < -0.4 is 5.32 Å². The number of hydrogen-bond donors (Lipinski definition) is 1. The number of nitrogens with zero attached hydrogens (tertiary/aromatic N) is 1. The molecule has 3 N–H and O–H groups in total. The molecule has 6 heteroatoms. The van der Waals surface area contributed by atoms with Crippen molar-refractivity contribution < 1.29 is 5.48 Å². The van der Waals surface area contributed by atoms with E-state index in [4.69, 9.17) is 0 Å². The highest BCUT2D eigenvalue weighted by Gasteiger charge is 2.32. The quantitative estimate of drug-likeness (QED) is 0.820. The lowest BCUT2D eigenvalue weighted by Crippen LogP contribution is -2.34. The van der Waals surface area contributed by atoms with Crippen LogP contribution in [-0.4, -0.2) is 36.1 Å². The Bertz CT molecular complexity index is 701. The van der Waals surface area contributed by atoms with E-state index in [1.54, 1.807) is 0 Å². The summed E-state index contributed by atoms with van der Waals surface area (Å²) < 4.78 is 0. The molecule has 0 spiro atoms. The number of halogens is 2. The molecule has 1 saturated heterocycles. The number of benzene rings is 2. The molecule has 0 bridgehead atoms. The van der Waals surface area contributed by atoms with Crippen molar-refractivity contribution in [3.05, 3.63) is 59.7 Å². The molecule has 2 aliphatic rings. The van der Waals surface area contributed by atoms with Crippen molar-refractivity contribution >= 4 is 36.6 Å². The van der Waals surface area contributed by atoms with Gasteiger partial charge in [-0.1, -0.05) is 55.1 Å². The van der Waals surface area contributed by atoms with Gasteiger partial charge in [0.05, 0.1) is 0 Å². The first-order chi connectivity index (χ1) is 11.3. The van der Waals surface area contributed by atoms with E-state index in [1.165, 1.54) is 40.4 Å². The van der Waals surface area contributed by atoms with Crippen molar-refractivity contribution in [1.29, 1.82) is 0 Å². The molecular weight excluding hydrogens is 387 g/mol. The van der Waals surface area contributed by atoms with E-state index in [0.29, 0.717) is 12.1 Å². The minimum atomic E-state index is 0. The van der Waals surface area contributed by atoms with Crippen LogP contribution in [0, 0.1) is 0 Å². The van der Waals surface area contributed by atoms with E-state index in [1.807, 2.05) is 11.8 Å². The van der Waals surface area contributed by atoms with Crippen LogP contribution in [0.4, 0.5) is 0 Å². The normalized spacial score (nSPS) is 21.3. The summed E-state index contributed by atoms with van der Waals surface area (Å²) >= 11 is 1.93. The van der Waals surface area contributed by atoms with Gasteiger partial charge in [-0.05, 0) is 42.6 Å². The third-order valence-electron chi connectivity index (χ3n) is 5.04. The minimum Gasteiger partial charge on any atom is -0.412 e. The van der Waals surface area contributed by atoms with Crippen LogP contribution >= 0.6 is 36.6 Å². The molecule has 0 amide bonds. The van der Waals surface area contributed by atoms with E-state index >= 15 is 0 Å². The summed E-state index contributed by atoms with van der Waals surface area (Å²) in [6, 6.07) is 19.0. The molecule has 0 aliphatic carbocycles. The SMILES string of the molecule is CCNC1CCN([C@H]2Cc3ccccc3Sc3ccccc32)C1.Cl.Cl.O. The van der Waals surface area contributed by atoms with Gasteiger partial charge in [0.25, 0.3) is 0 Å². The highest BCUT2D eigenvalue weighted by Crippen LogP contribution is 2.43. The first kappa shape index (κ1) is 23.3. The number of hydrogen-bond acceptors (Lipinski definition) is 3. The van der Waals surface area contributed by atoms with Crippen LogP contribution in [0.1, 0.15) is 30.5 Å². The fourth-order valence-corrected chi connectivity index (χ4v) is 5.04. The Balaban J connectivity index is 0.00000113. The van der Waals surface area contributed by atoms with Gasteiger partial charge in [-0.15, -0.1) is 24.8 Å². The summed E-state index contributed by atoms with van der Waals surface area (Å²) in [7, 11) is 0. The molecule has 1 unspecified atom stereocenters. The molecule has 2 aliphatic heterocycles. The summed E-state index contributed by atoms with van der Waals surface area (Å²) in [5.74, 6) is 0. The molecule has 2 heterocycles. The van der Waals surface area contributed by atoms with Crippen LogP contribution in [0.25, 0.3) is 0 Å². The minimum absolute atomic E-state index is 0. The molecule has 1 fully saturated rings. The van der Waals surface area contributed by atoms with E-state index < -0.39 is 0 Å². The average molecular weight is 415 g/mol. The van der Waals surface area contributed by atoms with Gasteiger partial charge in [-0.25, -0.2) is 0 Å². The van der Waals surface area contributed by atoms with Crippen molar-refractivity contribution in [1.82, 2.24) is 10.2 Å². The first-order valence-electron chi connectivity index (χ1n) is 8.67. The summed E-state index contributed by atoms with van der Waals surface area (Å²) in [5, 5.41) is 3.63. The summed E-state index contributed by atoms with van der Waals surface area (Å²) in [6.07, 6.45) is 2.39. The zero-order valence-electron chi connectivity index (χ0n) is 15.0. The maximum absolute atomic E-state index is 3.63. The number of rotatable bonds is 3. The van der Waals surface area contributed by atoms with Gasteiger partial charge in [0.1, 0.15) is 0 Å². The molecule has 26 heavy (non-hydrogen) atoms. The van der Waals surface area contributed by atoms with Crippen molar-refractivity contribution in [3.63, 3.8) is 0 Å². The van der Waals surface area contributed by atoms with Crippen molar-refractivity contribution in [3.8, 4) is 0 Å². The molecule has 0 saturated carbocycles. The van der Waals surface area contributed by atoms with Gasteiger partial charge in [-0.2, -0.15) is 0 Å². The van der Waals surface area contributed by atoms with Crippen molar-refractivity contribution in [2.75, 3.05) is 19.6 Å². The average Bonchev–Trinajstić information content (AvgIpc) is 2.96. The largest absolute Gasteiger partial charge is 0.412 e. The second-order valence-electron chi connectivity index (χ2n) is 6.51. The van der Waals surface area contributed by atoms with Crippen molar-refractivity contribution in [2.24, 2.45) is 0 Å². The van der Waals surface area contributed by atoms with Crippen molar-refractivity contribution in [2.45, 2.75) is 41.6 Å². The Morgan fingerprint density at radius 1 is 1.04 bits per heavy atom. The summed E-state index contributed by atoms with van der Waals surface area (Å²) in [4.78, 5) is 5.54. The summed E-state index contributed by atoms with van der Waals surface area (Å²) in [6.45, 7) is 5.64. The molecule has 0 aromatic heterocycles. The predicted molar refractivity (Wildman–Crippen MR) is 115 cm³/mol. The molecule has 144 valence electrons. The lowest BCUT2D eigenvalue weighted by Gasteiger charge is -2.28. The highest BCUT2D eigenvalue weighted by atomic mass is 35.5. The Morgan fingerprint density at radius 3 is 2.50 bits per heavy atom. The lowest BCUT2D eigenvalue weighted by molar-refractivity contribution is 0.235. The fraction of sp³-hybridized carbons (Fsp3) is 0.400. The standard InChI is InChI=1S/C20H24N2S.2ClH.H2O/c1-2-21-16-11-12-22(14-16)18-13-15-7-3-5-9-19(15)23-20-10-6-4-8-17(18)20;;;/h3-10,16,18,21H,2,11-14H2,1H3;2*1H;1H2/t16?,18-;;;/m0.../s1. The molecule has 2 aromatic rings. The van der Waals surface area contributed by atoms with E-state index in [2.05, 4.69) is 65.7 Å². The molecule has 3 nitrogen and oxygen atoms in total. The predicted octanol–water partition coefficient (Wildman–Crippen LogP) is 4.14. The van der Waals surface area contributed by atoms with E-state index in [9.17, 15) is 0 Å². The van der Waals surface area contributed by atoms with Gasteiger partial charge < -0.3 is 10.8 Å². The Morgan fingerprint density at radius 2 is 1.73 bits per heavy atom. The van der Waals surface area contributed by atoms with E-state index in [-0.39, 0.29) is 30.3 Å². The number of likely N-dealkylation sites (N-methyl/N-ethyl adjacent to an activating group) is 1. The smallest absolute Gasteiger partial charge is 0.0400 e. The molecule has 4 rings (SSSR count). The van der Waals surface area contributed by atoms with Gasteiger partial charge in [-0.3, -0.25) is 4.90 Å². The zero-order valence-corrected chi connectivity index (χ0v) is 17.4. The zero-order chi connectivity index (χ0) is 15.6. The summed E-state index contributed by atoms with van der Waals surface area (Å²) in [5.41, 5.74) is 3.00. The molecule has 2 aromatic carbocycles. The first-order valence-corrected chi connectivity index (χ1v) is 9.49. The fourth-order valence-electron chi connectivity index (χ4n) is 3.91. The number of fused-ring (bicyclic) bond motifs is 2. The van der Waals surface area contributed by atoms with Crippen LogP contribution in [-0.2, 0) is 6.42 Å². The van der Waals surface area contributed by atoms with Gasteiger partial charge in [0.15, 0.2) is 0 Å². The Labute approximate surface area is 173 Å². The molecule has 0 radical (unpaired) electrons. The Hall–Kier alpha value is -0.750. The second kappa shape index (κ2) is 10.5. The maximum Gasteiger partial charge on any atom is 0.0400 e. The molecular formula is C20H28Cl2N2OS. The van der Waals surface area contributed by atoms with Gasteiger partial charge in [0.2, 0.25) is 0 Å². The highest BCUT2D eigenvalue weighted by molar-refractivity contribution is 7.99. The van der Waals surface area contributed by atoms with E-state index in [0.717, 1.165) is 13.0 Å². The number of nitrogens with one attached hydrogen (secondary N) is 1. The third-order valence-corrected chi connectivity index (χ3v) is 6.25. The van der Waals surface area contributed by atoms with Crippen LogP contribution in [0.3, 0.4) is 0 Å². The second-order valence-corrected chi connectivity index (χ2v) is 7.59. The monoisotopic (exact) mass is 414 g/mol. The van der Waals surface area contributed by atoms with Gasteiger partial charge >= 0.3 is 0 Å².